The fourth-order valence-corrected chi connectivity index (χ4v) is 4.80. The van der Waals surface area contributed by atoms with Gasteiger partial charge in [0.15, 0.2) is 0 Å². The molecule has 0 fully saturated rings. The molecule has 0 bridgehead atoms. The Morgan fingerprint density at radius 1 is 1.00 bits per heavy atom. The maximum atomic E-state index is 13.8. The number of carbonyl (C=O) groups excluding carboxylic acids is 1. The molecule has 0 aliphatic heterocycles. The molecule has 1 heterocycles. The van der Waals surface area contributed by atoms with E-state index in [1.54, 1.807) is 5.38 Å². The number of carbonyl (C=O) groups is 1. The largest absolute Gasteiger partial charge is 0.486 e. The van der Waals surface area contributed by atoms with Crippen LogP contribution in [0.25, 0.3) is 0 Å². The number of rotatable bonds is 13. The third-order valence-electron chi connectivity index (χ3n) is 6.13. The van der Waals surface area contributed by atoms with Crippen molar-refractivity contribution in [2.45, 2.75) is 45.1 Å². The third-order valence-corrected chi connectivity index (χ3v) is 6.95. The van der Waals surface area contributed by atoms with Crippen LogP contribution in [0.4, 0.5) is 8.78 Å². The predicted molar refractivity (Wildman–Crippen MR) is 148 cm³/mol. The Bertz CT molecular complexity index is 1350. The van der Waals surface area contributed by atoms with E-state index in [1.165, 1.54) is 29.0 Å². The van der Waals surface area contributed by atoms with Gasteiger partial charge in [-0.2, -0.15) is 0 Å². The van der Waals surface area contributed by atoms with Gasteiger partial charge in [0, 0.05) is 24.5 Å². The van der Waals surface area contributed by atoms with Gasteiger partial charge in [0.1, 0.15) is 34.7 Å². The molecule has 0 spiro atoms. The Hall–Kier alpha value is -3.66. The lowest BCUT2D eigenvalue weighted by molar-refractivity contribution is 0.0825. The second-order valence-corrected chi connectivity index (χ2v) is 10.1. The monoisotopic (exact) mass is 551 g/mol. The minimum Gasteiger partial charge on any atom is -0.486 e. The number of benzene rings is 3. The minimum atomic E-state index is -1.03. The highest BCUT2D eigenvalue weighted by Crippen LogP contribution is 2.17. The number of aliphatic hydroxyl groups excluding tert-OH is 1. The lowest BCUT2D eigenvalue weighted by Crippen LogP contribution is -2.48. The van der Waals surface area contributed by atoms with Crippen molar-refractivity contribution in [3.8, 4) is 5.75 Å². The Labute approximate surface area is 230 Å². The van der Waals surface area contributed by atoms with Gasteiger partial charge in [0.25, 0.3) is 5.91 Å². The van der Waals surface area contributed by atoms with Crippen molar-refractivity contribution in [1.82, 2.24) is 15.6 Å². The predicted octanol–water partition coefficient (Wildman–Crippen LogP) is 5.05. The van der Waals surface area contributed by atoms with Gasteiger partial charge in [-0.05, 0) is 53.8 Å². The molecule has 0 saturated carbocycles. The fourth-order valence-electron chi connectivity index (χ4n) is 4.12. The summed E-state index contributed by atoms with van der Waals surface area (Å²) in [7, 11) is 0. The van der Waals surface area contributed by atoms with Gasteiger partial charge < -0.3 is 20.5 Å². The van der Waals surface area contributed by atoms with Crippen molar-refractivity contribution in [3.63, 3.8) is 0 Å². The molecule has 3 aromatic carbocycles. The molecule has 2 atom stereocenters. The molecule has 9 heteroatoms. The Balaban J connectivity index is 1.41. The normalized spacial score (nSPS) is 12.6. The summed E-state index contributed by atoms with van der Waals surface area (Å²) in [6.45, 7) is 2.98. The van der Waals surface area contributed by atoms with Gasteiger partial charge in [0.2, 0.25) is 0 Å². The van der Waals surface area contributed by atoms with Gasteiger partial charge in [-0.15, -0.1) is 11.3 Å². The molecular weight excluding hydrogens is 520 g/mol. The first-order valence-electron chi connectivity index (χ1n) is 12.7. The van der Waals surface area contributed by atoms with Gasteiger partial charge in [-0.3, -0.25) is 4.79 Å². The first-order chi connectivity index (χ1) is 18.9. The quantitative estimate of drug-likeness (QED) is 0.217. The summed E-state index contributed by atoms with van der Waals surface area (Å²) >= 11 is 1.28. The summed E-state index contributed by atoms with van der Waals surface area (Å²) < 4.78 is 33.4. The number of nitrogens with one attached hydrogen (secondary N) is 2. The molecule has 1 unspecified atom stereocenters. The average Bonchev–Trinajstić information content (AvgIpc) is 3.41. The molecule has 0 radical (unpaired) electrons. The van der Waals surface area contributed by atoms with Gasteiger partial charge in [-0.25, -0.2) is 13.8 Å². The topological polar surface area (TPSA) is 83.5 Å². The Morgan fingerprint density at radius 3 is 2.49 bits per heavy atom. The van der Waals surface area contributed by atoms with E-state index in [1.807, 2.05) is 42.5 Å². The van der Waals surface area contributed by atoms with Crippen LogP contribution in [0.2, 0.25) is 0 Å². The number of halogens is 2. The first-order valence-corrected chi connectivity index (χ1v) is 13.6. The number of hydrogen-bond acceptors (Lipinski definition) is 6. The minimum absolute atomic E-state index is 0.0305. The number of thiazole rings is 1. The molecule has 6 nitrogen and oxygen atoms in total. The number of hydrogen-bond donors (Lipinski definition) is 3. The van der Waals surface area contributed by atoms with E-state index in [0.29, 0.717) is 22.9 Å². The molecule has 0 aliphatic rings. The van der Waals surface area contributed by atoms with E-state index < -0.39 is 29.7 Å². The van der Waals surface area contributed by atoms with Crippen LogP contribution in [0, 0.1) is 11.6 Å². The number of amides is 1. The maximum Gasteiger partial charge on any atom is 0.271 e. The van der Waals surface area contributed by atoms with Crippen LogP contribution in [0.15, 0.2) is 78.2 Å². The highest BCUT2D eigenvalue weighted by atomic mass is 32.1. The highest BCUT2D eigenvalue weighted by molar-refractivity contribution is 7.09. The van der Waals surface area contributed by atoms with Crippen molar-refractivity contribution in [1.29, 1.82) is 0 Å². The maximum absolute atomic E-state index is 13.8. The van der Waals surface area contributed by atoms with E-state index in [4.69, 9.17) is 4.74 Å². The summed E-state index contributed by atoms with van der Waals surface area (Å²) in [4.78, 5) is 17.4. The summed E-state index contributed by atoms with van der Waals surface area (Å²) in [5.41, 5.74) is 2.79. The second kappa shape index (κ2) is 13.9. The molecule has 204 valence electrons. The molecule has 3 N–H and O–H groups in total. The summed E-state index contributed by atoms with van der Waals surface area (Å²) in [5.74, 6) is -1.24. The Morgan fingerprint density at radius 2 is 1.74 bits per heavy atom. The zero-order valence-corrected chi connectivity index (χ0v) is 22.4. The van der Waals surface area contributed by atoms with E-state index in [9.17, 15) is 18.7 Å². The zero-order valence-electron chi connectivity index (χ0n) is 21.6. The van der Waals surface area contributed by atoms with Crippen molar-refractivity contribution in [2.24, 2.45) is 0 Å². The van der Waals surface area contributed by atoms with E-state index in [-0.39, 0.29) is 25.3 Å². The SMILES string of the molecule is CCc1cccc(CNC[C@H](O)C(Cc2cc(F)cc(F)c2)NC(=O)c2csc(COc3ccccc3)n2)c1. The number of aliphatic hydroxyl groups is 1. The van der Waals surface area contributed by atoms with Crippen molar-refractivity contribution in [3.05, 3.63) is 117 Å². The number of aromatic nitrogens is 1. The van der Waals surface area contributed by atoms with Crippen LogP contribution in [0.3, 0.4) is 0 Å². The number of ether oxygens (including phenoxy) is 1. The van der Waals surface area contributed by atoms with E-state index in [2.05, 4.69) is 34.7 Å². The van der Waals surface area contributed by atoms with Crippen molar-refractivity contribution < 1.29 is 23.4 Å². The molecule has 1 aromatic heterocycles. The molecule has 4 rings (SSSR count). The number of para-hydroxylation sites is 1. The highest BCUT2D eigenvalue weighted by Gasteiger charge is 2.24. The van der Waals surface area contributed by atoms with Crippen LogP contribution >= 0.6 is 11.3 Å². The third kappa shape index (κ3) is 8.68. The second-order valence-electron chi connectivity index (χ2n) is 9.16. The summed E-state index contributed by atoms with van der Waals surface area (Å²) in [6.07, 6.45) is -0.0806. The molecule has 4 aromatic rings. The average molecular weight is 552 g/mol. The van der Waals surface area contributed by atoms with Crippen molar-refractivity contribution in [2.75, 3.05) is 6.54 Å². The number of aryl methyl sites for hydroxylation is 1. The smallest absolute Gasteiger partial charge is 0.271 e. The van der Waals surface area contributed by atoms with E-state index in [0.717, 1.165) is 18.1 Å². The summed E-state index contributed by atoms with van der Waals surface area (Å²) in [5, 5.41) is 19.2. The lowest BCUT2D eigenvalue weighted by atomic mass is 10.00. The molecule has 0 saturated heterocycles. The van der Waals surface area contributed by atoms with Crippen LogP contribution < -0.4 is 15.4 Å². The number of nitrogens with zero attached hydrogens (tertiary/aromatic N) is 1. The molecular formula is C30H31F2N3O3S. The fraction of sp³-hybridized carbons (Fsp3) is 0.267. The molecule has 39 heavy (non-hydrogen) atoms. The standard InChI is InChI=1S/C30H31F2N3O3S/c1-2-20-7-6-8-21(11-20)16-33-17-28(36)26(14-22-12-23(31)15-24(32)13-22)35-30(37)27-19-39-29(34-27)18-38-25-9-4-3-5-10-25/h3-13,15,19,26,28,33,36H,2,14,16-18H2,1H3,(H,35,37)/t26?,28-/m0/s1. The van der Waals surface area contributed by atoms with Gasteiger partial charge >= 0.3 is 0 Å². The van der Waals surface area contributed by atoms with Crippen LogP contribution in [0.5, 0.6) is 5.75 Å². The van der Waals surface area contributed by atoms with Crippen LogP contribution in [0.1, 0.15) is 39.1 Å². The molecule has 0 aliphatic carbocycles. The van der Waals surface area contributed by atoms with E-state index >= 15 is 0 Å². The lowest BCUT2D eigenvalue weighted by Gasteiger charge is -2.24. The van der Waals surface area contributed by atoms with Gasteiger partial charge in [-0.1, -0.05) is 49.4 Å². The van der Waals surface area contributed by atoms with Gasteiger partial charge in [0.05, 0.1) is 12.1 Å². The van der Waals surface area contributed by atoms with Crippen LogP contribution in [-0.2, 0) is 26.0 Å². The first kappa shape index (κ1) is 28.4. The van der Waals surface area contributed by atoms with Crippen LogP contribution in [-0.4, -0.2) is 34.7 Å². The summed E-state index contributed by atoms with van der Waals surface area (Å²) in [6, 6.07) is 19.8. The van der Waals surface area contributed by atoms with Crippen molar-refractivity contribution >= 4 is 17.2 Å². The Kier molecular flexibility index (Phi) is 10.1. The molecule has 1 amide bonds. The zero-order chi connectivity index (χ0) is 27.6.